The first kappa shape index (κ1) is 22.1. The number of hydrogen-bond donors (Lipinski definition) is 5. The summed E-state index contributed by atoms with van der Waals surface area (Å²) in [6, 6.07) is 3.50. The Kier molecular flexibility index (Phi) is 8.16. The lowest BCUT2D eigenvalue weighted by Gasteiger charge is -2.17. The van der Waals surface area contributed by atoms with Crippen molar-refractivity contribution in [2.24, 2.45) is 0 Å². The molecule has 0 saturated heterocycles. The molecule has 0 bridgehead atoms. The summed E-state index contributed by atoms with van der Waals surface area (Å²) in [5.74, 6) is -0.491. The topological polar surface area (TPSA) is 124 Å². The van der Waals surface area contributed by atoms with E-state index in [1.165, 1.54) is 7.11 Å². The summed E-state index contributed by atoms with van der Waals surface area (Å²) in [7, 11) is 4.69. The van der Waals surface area contributed by atoms with Crippen molar-refractivity contribution in [3.8, 4) is 11.1 Å². The normalized spacial score (nSPS) is 11.1. The van der Waals surface area contributed by atoms with Crippen molar-refractivity contribution in [1.82, 2.24) is 10.3 Å². The third-order valence-corrected chi connectivity index (χ3v) is 4.76. The standard InChI is InChI=1S/C20H28N2O6/c1-21-8-17-18(14(6-7-27-2)19(22-17)20(26)28-3)13-5-4-12(9-23)15(10-24)16(13)11-25/h4-5,21-25H,6-11H2,1-3H3. The molecule has 0 aliphatic heterocycles. The van der Waals surface area contributed by atoms with Gasteiger partial charge < -0.3 is 35.1 Å². The quantitative estimate of drug-likeness (QED) is 0.380. The van der Waals surface area contributed by atoms with Crippen LogP contribution in [0.25, 0.3) is 11.1 Å². The molecule has 2 aromatic rings. The fourth-order valence-electron chi connectivity index (χ4n) is 3.46. The van der Waals surface area contributed by atoms with Gasteiger partial charge in [-0.3, -0.25) is 0 Å². The number of carbonyl (C=O) groups excluding carboxylic acids is 1. The minimum atomic E-state index is -0.491. The number of hydrogen-bond acceptors (Lipinski definition) is 7. The van der Waals surface area contributed by atoms with Gasteiger partial charge in [0.2, 0.25) is 0 Å². The molecule has 8 heteroatoms. The smallest absolute Gasteiger partial charge is 0.354 e. The van der Waals surface area contributed by atoms with Crippen LogP contribution in [0.15, 0.2) is 12.1 Å². The minimum Gasteiger partial charge on any atom is -0.464 e. The van der Waals surface area contributed by atoms with Crippen molar-refractivity contribution in [2.45, 2.75) is 32.8 Å². The number of ether oxygens (including phenoxy) is 2. The molecular weight excluding hydrogens is 364 g/mol. The molecule has 0 amide bonds. The van der Waals surface area contributed by atoms with Crippen LogP contribution in [0.3, 0.4) is 0 Å². The van der Waals surface area contributed by atoms with Gasteiger partial charge in [-0.05, 0) is 41.3 Å². The third-order valence-electron chi connectivity index (χ3n) is 4.76. The highest BCUT2D eigenvalue weighted by molar-refractivity contribution is 5.93. The molecule has 8 nitrogen and oxygen atoms in total. The minimum absolute atomic E-state index is 0.246. The first-order chi connectivity index (χ1) is 13.6. The number of nitrogens with one attached hydrogen (secondary N) is 2. The Labute approximate surface area is 164 Å². The number of aromatic nitrogens is 1. The molecule has 0 spiro atoms. The summed E-state index contributed by atoms with van der Waals surface area (Å²) in [5, 5.41) is 32.5. The average molecular weight is 392 g/mol. The van der Waals surface area contributed by atoms with E-state index in [1.54, 1.807) is 26.3 Å². The molecule has 1 aromatic carbocycles. The van der Waals surface area contributed by atoms with Crippen LogP contribution in [0, 0.1) is 0 Å². The van der Waals surface area contributed by atoms with Crippen LogP contribution in [0.2, 0.25) is 0 Å². The van der Waals surface area contributed by atoms with Gasteiger partial charge in [0.25, 0.3) is 0 Å². The molecular formula is C20H28N2O6. The molecule has 154 valence electrons. The van der Waals surface area contributed by atoms with E-state index in [9.17, 15) is 20.1 Å². The molecule has 1 aromatic heterocycles. The lowest BCUT2D eigenvalue weighted by atomic mass is 9.89. The zero-order valence-electron chi connectivity index (χ0n) is 16.5. The number of benzene rings is 1. The van der Waals surface area contributed by atoms with Crippen LogP contribution in [-0.2, 0) is 42.3 Å². The number of esters is 1. The first-order valence-corrected chi connectivity index (χ1v) is 8.99. The summed E-state index contributed by atoms with van der Waals surface area (Å²) in [6.07, 6.45) is 0.456. The van der Waals surface area contributed by atoms with Crippen molar-refractivity contribution < 1.29 is 29.6 Å². The van der Waals surface area contributed by atoms with Gasteiger partial charge in [0, 0.05) is 24.9 Å². The maximum absolute atomic E-state index is 12.3. The summed E-state index contributed by atoms with van der Waals surface area (Å²) in [5.41, 5.74) is 4.80. The molecule has 0 radical (unpaired) electrons. The molecule has 0 saturated carbocycles. The zero-order valence-corrected chi connectivity index (χ0v) is 16.5. The highest BCUT2D eigenvalue weighted by atomic mass is 16.5. The van der Waals surface area contributed by atoms with Gasteiger partial charge in [-0.25, -0.2) is 4.79 Å². The highest BCUT2D eigenvalue weighted by Crippen LogP contribution is 2.36. The van der Waals surface area contributed by atoms with E-state index in [-0.39, 0.29) is 19.8 Å². The molecule has 28 heavy (non-hydrogen) atoms. The highest BCUT2D eigenvalue weighted by Gasteiger charge is 2.25. The Balaban J connectivity index is 2.82. The van der Waals surface area contributed by atoms with Crippen molar-refractivity contribution >= 4 is 5.97 Å². The van der Waals surface area contributed by atoms with E-state index >= 15 is 0 Å². The molecule has 2 rings (SSSR count). The molecule has 0 atom stereocenters. The van der Waals surface area contributed by atoms with Gasteiger partial charge in [0.15, 0.2) is 0 Å². The predicted molar refractivity (Wildman–Crippen MR) is 104 cm³/mol. The van der Waals surface area contributed by atoms with Crippen LogP contribution in [0.1, 0.15) is 38.4 Å². The largest absolute Gasteiger partial charge is 0.464 e. The maximum Gasteiger partial charge on any atom is 0.354 e. The van der Waals surface area contributed by atoms with E-state index in [1.807, 2.05) is 0 Å². The van der Waals surface area contributed by atoms with Crippen LogP contribution >= 0.6 is 0 Å². The average Bonchev–Trinajstić information content (AvgIpc) is 3.08. The molecule has 0 unspecified atom stereocenters. The fraction of sp³-hybridized carbons (Fsp3) is 0.450. The number of aliphatic hydroxyl groups is 3. The van der Waals surface area contributed by atoms with Crippen LogP contribution in [-0.4, -0.2) is 54.1 Å². The second kappa shape index (κ2) is 10.4. The van der Waals surface area contributed by atoms with E-state index in [4.69, 9.17) is 9.47 Å². The Morgan fingerprint density at radius 1 is 1.07 bits per heavy atom. The van der Waals surface area contributed by atoms with E-state index in [0.717, 1.165) is 11.3 Å². The molecule has 0 fully saturated rings. The van der Waals surface area contributed by atoms with Gasteiger partial charge in [-0.1, -0.05) is 12.1 Å². The van der Waals surface area contributed by atoms with Gasteiger partial charge in [0.05, 0.1) is 33.5 Å². The van der Waals surface area contributed by atoms with E-state index < -0.39 is 5.97 Å². The van der Waals surface area contributed by atoms with Crippen molar-refractivity contribution in [1.29, 1.82) is 0 Å². The van der Waals surface area contributed by atoms with Gasteiger partial charge in [-0.15, -0.1) is 0 Å². The van der Waals surface area contributed by atoms with Crippen LogP contribution < -0.4 is 5.32 Å². The van der Waals surface area contributed by atoms with E-state index in [0.29, 0.717) is 53.1 Å². The molecule has 0 aliphatic rings. The lowest BCUT2D eigenvalue weighted by molar-refractivity contribution is 0.0593. The Hall–Kier alpha value is -2.23. The Bertz CT molecular complexity index is 816. The number of aromatic amines is 1. The van der Waals surface area contributed by atoms with Crippen LogP contribution in [0.5, 0.6) is 0 Å². The van der Waals surface area contributed by atoms with Gasteiger partial charge in [0.1, 0.15) is 5.69 Å². The number of methoxy groups -OCH3 is 2. The van der Waals surface area contributed by atoms with Crippen molar-refractivity contribution in [3.63, 3.8) is 0 Å². The summed E-state index contributed by atoms with van der Waals surface area (Å²) in [4.78, 5) is 15.5. The van der Waals surface area contributed by atoms with Crippen LogP contribution in [0.4, 0.5) is 0 Å². The number of H-pyrrole nitrogens is 1. The second-order valence-electron chi connectivity index (χ2n) is 6.30. The number of carbonyl (C=O) groups is 1. The van der Waals surface area contributed by atoms with Crippen molar-refractivity contribution in [3.05, 3.63) is 45.8 Å². The lowest BCUT2D eigenvalue weighted by Crippen LogP contribution is -2.09. The van der Waals surface area contributed by atoms with E-state index in [2.05, 4.69) is 10.3 Å². The SMILES string of the molecule is CNCc1[nH]c(C(=O)OC)c(CCOC)c1-c1ccc(CO)c(CO)c1CO. The second-order valence-corrected chi connectivity index (χ2v) is 6.30. The fourth-order valence-corrected chi connectivity index (χ4v) is 3.46. The Morgan fingerprint density at radius 2 is 1.79 bits per heavy atom. The molecule has 1 heterocycles. The molecule has 0 aliphatic carbocycles. The first-order valence-electron chi connectivity index (χ1n) is 8.99. The maximum atomic E-state index is 12.3. The van der Waals surface area contributed by atoms with Gasteiger partial charge >= 0.3 is 5.97 Å². The predicted octanol–water partition coefficient (Wildman–Crippen LogP) is 0.854. The number of aliphatic hydroxyl groups excluding tert-OH is 3. The summed E-state index contributed by atoms with van der Waals surface area (Å²) in [6.45, 7) is -0.0376. The third kappa shape index (κ3) is 4.26. The summed E-state index contributed by atoms with van der Waals surface area (Å²) < 4.78 is 10.1. The monoisotopic (exact) mass is 392 g/mol. The zero-order chi connectivity index (χ0) is 20.7. The summed E-state index contributed by atoms with van der Waals surface area (Å²) >= 11 is 0. The van der Waals surface area contributed by atoms with Crippen molar-refractivity contribution in [2.75, 3.05) is 27.9 Å². The number of rotatable bonds is 10. The molecule has 5 N–H and O–H groups in total. The Morgan fingerprint density at radius 3 is 2.32 bits per heavy atom. The van der Waals surface area contributed by atoms with Gasteiger partial charge in [-0.2, -0.15) is 0 Å².